The Kier molecular flexibility index (Phi) is 7.32. The Hall–Kier alpha value is -3.17. The first-order valence-electron chi connectivity index (χ1n) is 9.53. The summed E-state index contributed by atoms with van der Waals surface area (Å²) in [7, 11) is 1.05. The summed E-state index contributed by atoms with van der Waals surface area (Å²) in [4.78, 5) is 15.4. The molecule has 2 N–H and O–H groups in total. The van der Waals surface area contributed by atoms with Gasteiger partial charge in [-0.2, -0.15) is 9.49 Å². The number of carbonyl (C=O) groups is 1. The summed E-state index contributed by atoms with van der Waals surface area (Å²) in [6, 6.07) is 16.6. The van der Waals surface area contributed by atoms with Gasteiger partial charge < -0.3 is 14.9 Å². The van der Waals surface area contributed by atoms with E-state index in [-0.39, 0.29) is 17.8 Å². The number of rotatable bonds is 8. The molecule has 0 spiro atoms. The smallest absolute Gasteiger partial charge is 0.324 e. The van der Waals surface area contributed by atoms with E-state index >= 15 is 4.39 Å². The average molecular weight is 458 g/mol. The Bertz CT molecular complexity index is 1140. The van der Waals surface area contributed by atoms with Crippen LogP contribution in [0, 0.1) is 12.9 Å². The molecule has 1 aromatic heterocycles. The molecule has 0 fully saturated rings. The Morgan fingerprint density at radius 1 is 1.16 bits per heavy atom. The minimum Gasteiger partial charge on any atom is -0.338 e. The van der Waals surface area contributed by atoms with Crippen LogP contribution >= 0.6 is 11.6 Å². The molecule has 0 atom stereocenters. The van der Waals surface area contributed by atoms with Gasteiger partial charge in [-0.1, -0.05) is 48.0 Å². The van der Waals surface area contributed by atoms with Crippen LogP contribution in [0.4, 0.5) is 4.39 Å². The van der Waals surface area contributed by atoms with Gasteiger partial charge >= 0.3 is 5.97 Å². The number of benzene rings is 2. The maximum atomic E-state index is 15.0. The summed E-state index contributed by atoms with van der Waals surface area (Å²) < 4.78 is 19.5. The van der Waals surface area contributed by atoms with Crippen LogP contribution in [0.2, 0.25) is 5.02 Å². The van der Waals surface area contributed by atoms with Crippen LogP contribution in [-0.4, -0.2) is 39.4 Å². The predicted molar refractivity (Wildman–Crippen MR) is 117 cm³/mol. The van der Waals surface area contributed by atoms with E-state index in [1.807, 2.05) is 19.1 Å². The molecule has 0 aliphatic rings. The lowest BCUT2D eigenvalue weighted by atomic mass is 9.99. The minimum atomic E-state index is -2.75. The number of hydrogen-bond acceptors (Lipinski definition) is 6. The Labute approximate surface area is 189 Å². The van der Waals surface area contributed by atoms with Gasteiger partial charge in [0.1, 0.15) is 11.4 Å². The van der Waals surface area contributed by atoms with Gasteiger partial charge in [0.05, 0.1) is 12.1 Å². The standard InChI is InChI=1S/C23H21ClFN3O4/c1-15-5-3-4-6-18(15)21(19-11-12-20(26-22(19)25)23(30,31)32-2)27-28(14-29)13-16-7-9-17(24)10-8-16/h3-12,14,30-31H,13H2,1-2H3/b27-21+. The third-order valence-electron chi connectivity index (χ3n) is 4.73. The zero-order valence-electron chi connectivity index (χ0n) is 17.4. The minimum absolute atomic E-state index is 0.0297. The largest absolute Gasteiger partial charge is 0.338 e. The van der Waals surface area contributed by atoms with Crippen LogP contribution < -0.4 is 0 Å². The molecule has 0 saturated carbocycles. The summed E-state index contributed by atoms with van der Waals surface area (Å²) >= 11 is 5.91. The molecule has 0 aliphatic heterocycles. The highest BCUT2D eigenvalue weighted by Gasteiger charge is 2.29. The fraction of sp³-hybridized carbons (Fsp3) is 0.174. The van der Waals surface area contributed by atoms with E-state index in [1.165, 1.54) is 12.1 Å². The molecular weight excluding hydrogens is 437 g/mol. The molecule has 7 nitrogen and oxygen atoms in total. The summed E-state index contributed by atoms with van der Waals surface area (Å²) in [5, 5.41) is 25.7. The van der Waals surface area contributed by atoms with Gasteiger partial charge in [0, 0.05) is 17.7 Å². The maximum absolute atomic E-state index is 15.0. The topological polar surface area (TPSA) is 95.2 Å². The molecular formula is C23H21ClFN3O4. The third kappa shape index (κ3) is 5.35. The highest BCUT2D eigenvalue weighted by atomic mass is 35.5. The van der Waals surface area contributed by atoms with Crippen molar-refractivity contribution in [2.24, 2.45) is 5.10 Å². The first-order valence-corrected chi connectivity index (χ1v) is 9.91. The molecule has 32 heavy (non-hydrogen) atoms. The molecule has 2 aromatic carbocycles. The summed E-state index contributed by atoms with van der Waals surface area (Å²) in [6.45, 7) is 1.95. The van der Waals surface area contributed by atoms with E-state index in [2.05, 4.69) is 14.8 Å². The molecule has 0 bridgehead atoms. The molecule has 1 amide bonds. The highest BCUT2D eigenvalue weighted by Crippen LogP contribution is 2.22. The second-order valence-corrected chi connectivity index (χ2v) is 7.38. The van der Waals surface area contributed by atoms with E-state index < -0.39 is 17.6 Å². The molecule has 0 aliphatic carbocycles. The number of halogens is 2. The predicted octanol–water partition coefficient (Wildman–Crippen LogP) is 3.33. The number of nitrogens with zero attached hydrogens (tertiary/aromatic N) is 3. The van der Waals surface area contributed by atoms with Gasteiger partial charge in [0.15, 0.2) is 0 Å². The normalized spacial score (nSPS) is 12.0. The number of carbonyl (C=O) groups excluding carboxylic acids is 1. The van der Waals surface area contributed by atoms with E-state index in [0.29, 0.717) is 17.0 Å². The first-order chi connectivity index (χ1) is 15.2. The van der Waals surface area contributed by atoms with Gasteiger partial charge in [-0.05, 0) is 42.3 Å². The fourth-order valence-corrected chi connectivity index (χ4v) is 3.12. The number of aromatic nitrogens is 1. The Morgan fingerprint density at radius 2 is 1.84 bits per heavy atom. The van der Waals surface area contributed by atoms with Gasteiger partial charge in [-0.25, -0.2) is 9.99 Å². The lowest BCUT2D eigenvalue weighted by Crippen LogP contribution is -2.29. The van der Waals surface area contributed by atoms with Gasteiger partial charge in [-0.3, -0.25) is 4.79 Å². The molecule has 1 heterocycles. The molecule has 0 saturated heterocycles. The quantitative estimate of drug-likeness (QED) is 0.178. The molecule has 3 rings (SSSR count). The summed E-state index contributed by atoms with van der Waals surface area (Å²) in [5.74, 6) is -3.76. The van der Waals surface area contributed by atoms with E-state index in [4.69, 9.17) is 11.6 Å². The van der Waals surface area contributed by atoms with Crippen molar-refractivity contribution >= 4 is 23.7 Å². The summed E-state index contributed by atoms with van der Waals surface area (Å²) in [6.07, 6.45) is 0.532. The van der Waals surface area contributed by atoms with Crippen LogP contribution in [0.1, 0.15) is 27.9 Å². The number of hydrogen-bond donors (Lipinski definition) is 2. The number of methoxy groups -OCH3 is 1. The number of pyridine rings is 1. The SMILES string of the molecule is COC(O)(O)c1ccc(/C(=N/N(C=O)Cc2ccc(Cl)cc2)c2ccccc2C)c(F)n1. The van der Waals surface area contributed by atoms with Crippen molar-refractivity contribution in [2.45, 2.75) is 19.4 Å². The maximum Gasteiger partial charge on any atom is 0.324 e. The molecule has 9 heteroatoms. The lowest BCUT2D eigenvalue weighted by molar-refractivity contribution is -0.341. The van der Waals surface area contributed by atoms with Gasteiger partial charge in [-0.15, -0.1) is 0 Å². The summed E-state index contributed by atoms with van der Waals surface area (Å²) in [5.41, 5.74) is 1.84. The molecule has 166 valence electrons. The Morgan fingerprint density at radius 3 is 2.44 bits per heavy atom. The van der Waals surface area contributed by atoms with Gasteiger partial charge in [0.25, 0.3) is 0 Å². The van der Waals surface area contributed by atoms with E-state index in [1.54, 1.807) is 36.4 Å². The molecule has 3 aromatic rings. The number of aliphatic hydroxyl groups is 2. The van der Waals surface area contributed by atoms with Crippen molar-refractivity contribution in [1.82, 2.24) is 9.99 Å². The monoisotopic (exact) mass is 457 g/mol. The highest BCUT2D eigenvalue weighted by molar-refractivity contribution is 6.30. The van der Waals surface area contributed by atoms with Crippen LogP contribution in [0.25, 0.3) is 0 Å². The van der Waals surface area contributed by atoms with Crippen molar-refractivity contribution in [1.29, 1.82) is 0 Å². The average Bonchev–Trinajstić information content (AvgIpc) is 2.79. The van der Waals surface area contributed by atoms with Crippen molar-refractivity contribution in [3.05, 3.63) is 99.6 Å². The zero-order valence-corrected chi connectivity index (χ0v) is 18.1. The molecule has 0 unspecified atom stereocenters. The number of hydrazone groups is 1. The zero-order chi connectivity index (χ0) is 23.3. The van der Waals surface area contributed by atoms with Crippen molar-refractivity contribution in [3.8, 4) is 0 Å². The Balaban J connectivity index is 2.09. The lowest BCUT2D eigenvalue weighted by Gasteiger charge is -2.20. The number of amides is 1. The van der Waals surface area contributed by atoms with Crippen molar-refractivity contribution < 1.29 is 24.1 Å². The van der Waals surface area contributed by atoms with Crippen molar-refractivity contribution in [2.75, 3.05) is 7.11 Å². The van der Waals surface area contributed by atoms with E-state index in [0.717, 1.165) is 23.2 Å². The van der Waals surface area contributed by atoms with E-state index in [9.17, 15) is 15.0 Å². The van der Waals surface area contributed by atoms with Crippen LogP contribution in [-0.2, 0) is 22.0 Å². The van der Waals surface area contributed by atoms with Crippen LogP contribution in [0.3, 0.4) is 0 Å². The van der Waals surface area contributed by atoms with Crippen LogP contribution in [0.5, 0.6) is 0 Å². The van der Waals surface area contributed by atoms with Crippen molar-refractivity contribution in [3.63, 3.8) is 0 Å². The number of ether oxygens (including phenoxy) is 1. The first kappa shape index (κ1) is 23.5. The van der Waals surface area contributed by atoms with Gasteiger partial charge in [0.2, 0.25) is 12.4 Å². The second kappa shape index (κ2) is 9.97. The molecule has 0 radical (unpaired) electrons. The van der Waals surface area contributed by atoms with Crippen LogP contribution in [0.15, 0.2) is 65.8 Å². The third-order valence-corrected chi connectivity index (χ3v) is 4.98. The number of aryl methyl sites for hydroxylation is 1. The fourth-order valence-electron chi connectivity index (χ4n) is 2.99. The second-order valence-electron chi connectivity index (χ2n) is 6.94.